The Morgan fingerprint density at radius 2 is 2.04 bits per heavy atom. The van der Waals surface area contributed by atoms with E-state index in [4.69, 9.17) is 15.2 Å². The zero-order valence-corrected chi connectivity index (χ0v) is 16.5. The Balaban J connectivity index is 1.62. The molecule has 0 spiro atoms. The minimum Gasteiger partial charge on any atom is -0.444 e. The summed E-state index contributed by atoms with van der Waals surface area (Å²) in [4.78, 5) is 20.8. The molecule has 2 fully saturated rings. The predicted octanol–water partition coefficient (Wildman–Crippen LogP) is 1.01. The third-order valence-corrected chi connectivity index (χ3v) is 4.29. The topological polar surface area (TPSA) is 92.4 Å². The maximum Gasteiger partial charge on any atom is 0.410 e. The summed E-state index contributed by atoms with van der Waals surface area (Å²) >= 11 is 0. The highest BCUT2D eigenvalue weighted by Gasteiger charge is 2.34. The molecule has 0 aromatic rings. The summed E-state index contributed by atoms with van der Waals surface area (Å²) in [6, 6.07) is 0.304. The van der Waals surface area contributed by atoms with Gasteiger partial charge < -0.3 is 25.4 Å². The number of nitrogens with zero attached hydrogens (tertiary/aromatic N) is 3. The second kappa shape index (κ2) is 9.97. The molecule has 1 saturated carbocycles. The Bertz CT molecular complexity index is 468. The SMILES string of the molecule is CC(C)(C)OC(=O)N(CCNC(N)=NCCCN1CCOCC1)C1CC1. The number of carbonyl (C=O) groups excluding carboxylic acids is 1. The van der Waals surface area contributed by atoms with E-state index in [1.165, 1.54) is 0 Å². The van der Waals surface area contributed by atoms with Crippen LogP contribution in [0, 0.1) is 0 Å². The maximum absolute atomic E-state index is 12.3. The number of hydrogen-bond donors (Lipinski definition) is 2. The second-order valence-corrected chi connectivity index (χ2v) is 7.91. The first-order valence-electron chi connectivity index (χ1n) is 9.68. The number of nitrogens with two attached hydrogens (primary N) is 1. The van der Waals surface area contributed by atoms with Crippen molar-refractivity contribution >= 4 is 12.1 Å². The maximum atomic E-state index is 12.3. The van der Waals surface area contributed by atoms with Crippen LogP contribution in [0.25, 0.3) is 0 Å². The summed E-state index contributed by atoms with van der Waals surface area (Å²) in [6.45, 7) is 12.2. The van der Waals surface area contributed by atoms with E-state index in [9.17, 15) is 4.79 Å². The lowest BCUT2D eigenvalue weighted by Crippen LogP contribution is -2.44. The molecule has 0 radical (unpaired) electrons. The molecule has 8 heteroatoms. The predicted molar refractivity (Wildman–Crippen MR) is 102 cm³/mol. The molecule has 8 nitrogen and oxygen atoms in total. The van der Waals surface area contributed by atoms with Gasteiger partial charge in [0.2, 0.25) is 0 Å². The van der Waals surface area contributed by atoms with Crippen molar-refractivity contribution in [2.24, 2.45) is 10.7 Å². The minimum atomic E-state index is -0.474. The lowest BCUT2D eigenvalue weighted by molar-refractivity contribution is 0.0238. The molecule has 1 aliphatic carbocycles. The highest BCUT2D eigenvalue weighted by Crippen LogP contribution is 2.27. The molecule has 1 heterocycles. The number of ether oxygens (including phenoxy) is 2. The number of amides is 1. The van der Waals surface area contributed by atoms with E-state index < -0.39 is 5.60 Å². The zero-order chi connectivity index (χ0) is 19.0. The Morgan fingerprint density at radius 3 is 2.65 bits per heavy atom. The van der Waals surface area contributed by atoms with E-state index in [1.54, 1.807) is 4.90 Å². The number of rotatable bonds is 8. The van der Waals surface area contributed by atoms with Crippen LogP contribution in [-0.2, 0) is 9.47 Å². The largest absolute Gasteiger partial charge is 0.444 e. The number of guanidine groups is 1. The van der Waals surface area contributed by atoms with Gasteiger partial charge in [-0.3, -0.25) is 9.89 Å². The first kappa shape index (κ1) is 20.8. The molecule has 0 aromatic carbocycles. The third-order valence-electron chi connectivity index (χ3n) is 4.29. The number of nitrogens with one attached hydrogen (secondary N) is 1. The summed E-state index contributed by atoms with van der Waals surface area (Å²) in [5.41, 5.74) is 5.45. The van der Waals surface area contributed by atoms with E-state index >= 15 is 0 Å². The highest BCUT2D eigenvalue weighted by molar-refractivity contribution is 5.77. The van der Waals surface area contributed by atoms with E-state index in [0.29, 0.717) is 31.6 Å². The molecule has 0 aromatic heterocycles. The van der Waals surface area contributed by atoms with Crippen LogP contribution in [0.3, 0.4) is 0 Å². The molecule has 2 aliphatic rings. The average Bonchev–Trinajstić information content (AvgIpc) is 3.39. The molecule has 1 saturated heterocycles. The molecule has 26 heavy (non-hydrogen) atoms. The van der Waals surface area contributed by atoms with Crippen LogP contribution in [0.15, 0.2) is 4.99 Å². The van der Waals surface area contributed by atoms with Crippen LogP contribution in [0.4, 0.5) is 4.79 Å². The number of hydrogen-bond acceptors (Lipinski definition) is 5. The zero-order valence-electron chi connectivity index (χ0n) is 16.5. The van der Waals surface area contributed by atoms with E-state index in [2.05, 4.69) is 15.2 Å². The third kappa shape index (κ3) is 8.23. The molecule has 0 bridgehead atoms. The molecule has 1 aliphatic heterocycles. The van der Waals surface area contributed by atoms with Crippen LogP contribution in [0.2, 0.25) is 0 Å². The molecule has 0 atom stereocenters. The van der Waals surface area contributed by atoms with Gasteiger partial charge in [0.05, 0.1) is 13.2 Å². The molecular weight excluding hydrogens is 334 g/mol. The fraction of sp³-hybridized carbons (Fsp3) is 0.889. The van der Waals surface area contributed by atoms with Crippen molar-refractivity contribution in [2.45, 2.75) is 51.7 Å². The molecular formula is C18H35N5O3. The van der Waals surface area contributed by atoms with Gasteiger partial charge in [-0.1, -0.05) is 0 Å². The molecule has 3 N–H and O–H groups in total. The average molecular weight is 370 g/mol. The molecule has 0 unspecified atom stereocenters. The van der Waals surface area contributed by atoms with Crippen molar-refractivity contribution in [1.82, 2.24) is 15.1 Å². The van der Waals surface area contributed by atoms with Gasteiger partial charge in [0.15, 0.2) is 5.96 Å². The van der Waals surface area contributed by atoms with Crippen molar-refractivity contribution in [1.29, 1.82) is 0 Å². The Kier molecular flexibility index (Phi) is 7.96. The van der Waals surface area contributed by atoms with Crippen molar-refractivity contribution in [3.8, 4) is 0 Å². The van der Waals surface area contributed by atoms with Crippen molar-refractivity contribution in [3.05, 3.63) is 0 Å². The van der Waals surface area contributed by atoms with Gasteiger partial charge >= 0.3 is 6.09 Å². The summed E-state index contributed by atoms with van der Waals surface area (Å²) in [6.07, 6.45) is 2.83. The van der Waals surface area contributed by atoms with Crippen molar-refractivity contribution < 1.29 is 14.3 Å². The molecule has 2 rings (SSSR count). The lowest BCUT2D eigenvalue weighted by atomic mass is 10.2. The fourth-order valence-corrected chi connectivity index (χ4v) is 2.81. The van der Waals surface area contributed by atoms with Gasteiger partial charge in [0, 0.05) is 45.3 Å². The Labute approximate surface area is 157 Å². The minimum absolute atomic E-state index is 0.247. The van der Waals surface area contributed by atoms with Crippen LogP contribution >= 0.6 is 0 Å². The second-order valence-electron chi connectivity index (χ2n) is 7.91. The summed E-state index contributed by atoms with van der Waals surface area (Å²) in [5, 5.41) is 3.10. The lowest BCUT2D eigenvalue weighted by Gasteiger charge is -2.27. The summed E-state index contributed by atoms with van der Waals surface area (Å²) < 4.78 is 10.8. The highest BCUT2D eigenvalue weighted by atomic mass is 16.6. The van der Waals surface area contributed by atoms with Gasteiger partial charge in [-0.15, -0.1) is 0 Å². The normalized spacial score (nSPS) is 19.3. The van der Waals surface area contributed by atoms with E-state index in [1.807, 2.05) is 20.8 Å². The number of morpholine rings is 1. The summed E-state index contributed by atoms with van der Waals surface area (Å²) in [5.74, 6) is 0.437. The summed E-state index contributed by atoms with van der Waals surface area (Å²) in [7, 11) is 0. The molecule has 1 amide bonds. The van der Waals surface area contributed by atoms with Gasteiger partial charge in [-0.2, -0.15) is 0 Å². The van der Waals surface area contributed by atoms with Crippen LogP contribution in [-0.4, -0.2) is 86.0 Å². The number of carbonyl (C=O) groups is 1. The first-order chi connectivity index (χ1) is 12.3. The van der Waals surface area contributed by atoms with E-state index in [0.717, 1.165) is 52.1 Å². The van der Waals surface area contributed by atoms with E-state index in [-0.39, 0.29) is 6.09 Å². The molecule has 150 valence electrons. The van der Waals surface area contributed by atoms with Crippen LogP contribution < -0.4 is 11.1 Å². The van der Waals surface area contributed by atoms with Gasteiger partial charge in [-0.25, -0.2) is 4.79 Å². The van der Waals surface area contributed by atoms with Gasteiger partial charge in [0.1, 0.15) is 5.60 Å². The van der Waals surface area contributed by atoms with Crippen molar-refractivity contribution in [2.75, 3.05) is 52.5 Å². The van der Waals surface area contributed by atoms with Crippen LogP contribution in [0.1, 0.15) is 40.0 Å². The van der Waals surface area contributed by atoms with Gasteiger partial charge in [-0.05, 0) is 40.0 Å². The van der Waals surface area contributed by atoms with Crippen molar-refractivity contribution in [3.63, 3.8) is 0 Å². The standard InChI is InChI=1S/C18H35N5O3/c1-18(2,3)26-17(24)23(15-5-6-15)10-8-21-16(19)20-7-4-9-22-11-13-25-14-12-22/h15H,4-14H2,1-3H3,(H3,19,20,21). The quantitative estimate of drug-likeness (QED) is 0.377. The first-order valence-corrected chi connectivity index (χ1v) is 9.68. The van der Waals surface area contributed by atoms with Gasteiger partial charge in [0.25, 0.3) is 0 Å². The monoisotopic (exact) mass is 369 g/mol. The Morgan fingerprint density at radius 1 is 1.35 bits per heavy atom. The number of aliphatic imine (C=N–C) groups is 1. The smallest absolute Gasteiger partial charge is 0.410 e. The fourth-order valence-electron chi connectivity index (χ4n) is 2.81. The van der Waals surface area contributed by atoms with Crippen LogP contribution in [0.5, 0.6) is 0 Å². The Hall–Kier alpha value is -1.54.